The molecule has 1 amide bonds. The Morgan fingerprint density at radius 1 is 1.00 bits per heavy atom. The van der Waals surface area contributed by atoms with Gasteiger partial charge in [0.15, 0.2) is 0 Å². The maximum atomic E-state index is 13.1. The van der Waals surface area contributed by atoms with E-state index in [0.717, 1.165) is 17.5 Å². The molecule has 30 heavy (non-hydrogen) atoms. The van der Waals surface area contributed by atoms with Crippen LogP contribution in [0.2, 0.25) is 0 Å². The molecular weight excluding hydrogens is 396 g/mol. The maximum Gasteiger partial charge on any atom is 0.264 e. The largest absolute Gasteiger partial charge is 0.348 e. The topological polar surface area (TPSA) is 66.5 Å². The molecule has 1 heterocycles. The van der Waals surface area contributed by atoms with Crippen LogP contribution in [0, 0.1) is 6.92 Å². The SMILES string of the molecule is Cc1ccc(CNC(=O)c2ccc3c(c2)CCCN3S(=O)(=O)c2ccccc2)cc1. The quantitative estimate of drug-likeness (QED) is 0.677. The number of benzene rings is 3. The minimum absolute atomic E-state index is 0.165. The monoisotopic (exact) mass is 420 g/mol. The molecule has 0 atom stereocenters. The summed E-state index contributed by atoms with van der Waals surface area (Å²) in [6, 6.07) is 21.7. The van der Waals surface area contributed by atoms with Crippen molar-refractivity contribution in [3.8, 4) is 0 Å². The van der Waals surface area contributed by atoms with Crippen LogP contribution in [0.1, 0.15) is 33.5 Å². The minimum Gasteiger partial charge on any atom is -0.348 e. The van der Waals surface area contributed by atoms with E-state index in [-0.39, 0.29) is 10.8 Å². The minimum atomic E-state index is -3.63. The first-order valence-corrected chi connectivity index (χ1v) is 11.4. The number of nitrogens with one attached hydrogen (secondary N) is 1. The summed E-state index contributed by atoms with van der Waals surface area (Å²) < 4.78 is 27.7. The van der Waals surface area contributed by atoms with Gasteiger partial charge in [-0.3, -0.25) is 9.10 Å². The zero-order valence-electron chi connectivity index (χ0n) is 16.8. The number of carbonyl (C=O) groups excluding carboxylic acids is 1. The summed E-state index contributed by atoms with van der Waals surface area (Å²) in [6.45, 7) is 2.91. The number of hydrogen-bond acceptors (Lipinski definition) is 3. The number of hydrogen-bond donors (Lipinski definition) is 1. The molecule has 3 aromatic rings. The Morgan fingerprint density at radius 3 is 2.47 bits per heavy atom. The smallest absolute Gasteiger partial charge is 0.264 e. The van der Waals surface area contributed by atoms with Gasteiger partial charge >= 0.3 is 0 Å². The molecule has 4 rings (SSSR count). The Bertz CT molecular complexity index is 1160. The first-order valence-electron chi connectivity index (χ1n) is 9.99. The van der Waals surface area contributed by atoms with Gasteiger partial charge in [0, 0.05) is 18.7 Å². The normalized spacial score (nSPS) is 13.6. The summed E-state index contributed by atoms with van der Waals surface area (Å²) in [5.74, 6) is -0.165. The number of amides is 1. The van der Waals surface area contributed by atoms with Crippen molar-refractivity contribution >= 4 is 21.6 Å². The first kappa shape index (κ1) is 20.2. The lowest BCUT2D eigenvalue weighted by atomic mass is 10.0. The molecule has 0 aromatic heterocycles. The van der Waals surface area contributed by atoms with Crippen molar-refractivity contribution in [2.24, 2.45) is 0 Å². The Labute approximate surface area is 177 Å². The van der Waals surface area contributed by atoms with Crippen LogP contribution < -0.4 is 9.62 Å². The van der Waals surface area contributed by atoms with E-state index in [9.17, 15) is 13.2 Å². The predicted octanol–water partition coefficient (Wildman–Crippen LogP) is 4.07. The number of rotatable bonds is 5. The van der Waals surface area contributed by atoms with Crippen molar-refractivity contribution in [3.63, 3.8) is 0 Å². The van der Waals surface area contributed by atoms with Gasteiger partial charge in [0.1, 0.15) is 0 Å². The number of nitrogens with zero attached hydrogens (tertiary/aromatic N) is 1. The number of carbonyl (C=O) groups is 1. The zero-order chi connectivity index (χ0) is 21.1. The standard InChI is InChI=1S/C24H24N2O3S/c1-18-9-11-19(12-10-18)17-25-24(27)21-13-14-23-20(16-21)6-5-15-26(23)30(28,29)22-7-3-2-4-8-22/h2-4,7-14,16H,5-6,15,17H2,1H3,(H,25,27). The molecule has 0 fully saturated rings. The number of anilines is 1. The van der Waals surface area contributed by atoms with Crippen molar-refractivity contribution < 1.29 is 13.2 Å². The van der Waals surface area contributed by atoms with Gasteiger partial charge in [-0.25, -0.2) is 8.42 Å². The van der Waals surface area contributed by atoms with E-state index in [1.807, 2.05) is 37.3 Å². The zero-order valence-corrected chi connectivity index (χ0v) is 17.7. The van der Waals surface area contributed by atoms with E-state index in [2.05, 4.69) is 5.32 Å². The molecule has 1 N–H and O–H groups in total. The highest BCUT2D eigenvalue weighted by Crippen LogP contribution is 2.32. The molecule has 6 heteroatoms. The lowest BCUT2D eigenvalue weighted by molar-refractivity contribution is 0.0951. The third kappa shape index (κ3) is 4.09. The van der Waals surface area contributed by atoms with Crippen LogP contribution in [0.5, 0.6) is 0 Å². The van der Waals surface area contributed by atoms with E-state index in [1.54, 1.807) is 42.5 Å². The van der Waals surface area contributed by atoms with E-state index in [0.29, 0.717) is 30.8 Å². The number of aryl methyl sites for hydroxylation is 2. The molecule has 0 spiro atoms. The Balaban J connectivity index is 1.54. The molecule has 1 aliphatic rings. The molecule has 0 radical (unpaired) electrons. The fourth-order valence-corrected chi connectivity index (χ4v) is 5.23. The third-order valence-corrected chi connectivity index (χ3v) is 7.15. The van der Waals surface area contributed by atoms with Gasteiger partial charge < -0.3 is 5.32 Å². The summed E-state index contributed by atoms with van der Waals surface area (Å²) in [7, 11) is -3.63. The van der Waals surface area contributed by atoms with Crippen molar-refractivity contribution in [1.29, 1.82) is 0 Å². The highest BCUT2D eigenvalue weighted by molar-refractivity contribution is 7.92. The summed E-state index contributed by atoms with van der Waals surface area (Å²) in [4.78, 5) is 12.9. The van der Waals surface area contributed by atoms with Crippen LogP contribution in [0.3, 0.4) is 0 Å². The Morgan fingerprint density at radius 2 is 1.73 bits per heavy atom. The van der Waals surface area contributed by atoms with Gasteiger partial charge in [0.25, 0.3) is 15.9 Å². The molecule has 5 nitrogen and oxygen atoms in total. The first-order chi connectivity index (χ1) is 14.4. The molecule has 3 aromatic carbocycles. The lowest BCUT2D eigenvalue weighted by Gasteiger charge is -2.30. The van der Waals surface area contributed by atoms with Gasteiger partial charge in [-0.05, 0) is 61.2 Å². The molecule has 0 aliphatic carbocycles. The molecule has 1 aliphatic heterocycles. The molecule has 0 saturated heterocycles. The summed E-state index contributed by atoms with van der Waals surface area (Å²) in [6.07, 6.45) is 1.46. The van der Waals surface area contributed by atoms with Gasteiger partial charge in [-0.15, -0.1) is 0 Å². The number of fused-ring (bicyclic) bond motifs is 1. The van der Waals surface area contributed by atoms with E-state index in [1.165, 1.54) is 9.87 Å². The molecule has 0 bridgehead atoms. The van der Waals surface area contributed by atoms with Crippen molar-refractivity contribution in [1.82, 2.24) is 5.32 Å². The van der Waals surface area contributed by atoms with E-state index >= 15 is 0 Å². The van der Waals surface area contributed by atoms with E-state index < -0.39 is 10.0 Å². The van der Waals surface area contributed by atoms with Crippen LogP contribution in [-0.2, 0) is 23.0 Å². The molecule has 0 unspecified atom stereocenters. The van der Waals surface area contributed by atoms with Crippen molar-refractivity contribution in [3.05, 3.63) is 95.1 Å². The summed E-state index contributed by atoms with van der Waals surface area (Å²) >= 11 is 0. The highest BCUT2D eigenvalue weighted by Gasteiger charge is 2.29. The highest BCUT2D eigenvalue weighted by atomic mass is 32.2. The van der Waals surface area contributed by atoms with Crippen LogP contribution in [0.15, 0.2) is 77.7 Å². The Hall–Kier alpha value is -3.12. The third-order valence-electron chi connectivity index (χ3n) is 5.32. The fourth-order valence-electron chi connectivity index (χ4n) is 3.66. The van der Waals surface area contributed by atoms with E-state index in [4.69, 9.17) is 0 Å². The van der Waals surface area contributed by atoms with Crippen LogP contribution in [0.25, 0.3) is 0 Å². The predicted molar refractivity (Wildman–Crippen MR) is 118 cm³/mol. The van der Waals surface area contributed by atoms with Gasteiger partial charge in [0.2, 0.25) is 0 Å². The average molecular weight is 421 g/mol. The summed E-state index contributed by atoms with van der Waals surface area (Å²) in [5.41, 5.74) is 4.28. The van der Waals surface area contributed by atoms with Crippen LogP contribution in [-0.4, -0.2) is 20.9 Å². The van der Waals surface area contributed by atoms with Crippen molar-refractivity contribution in [2.75, 3.05) is 10.8 Å². The van der Waals surface area contributed by atoms with Crippen LogP contribution >= 0.6 is 0 Å². The molecular formula is C24H24N2O3S. The van der Waals surface area contributed by atoms with Crippen molar-refractivity contribution in [2.45, 2.75) is 31.2 Å². The number of sulfonamides is 1. The maximum absolute atomic E-state index is 13.1. The van der Waals surface area contributed by atoms with Crippen LogP contribution in [0.4, 0.5) is 5.69 Å². The van der Waals surface area contributed by atoms with Gasteiger partial charge in [-0.1, -0.05) is 48.0 Å². The van der Waals surface area contributed by atoms with Gasteiger partial charge in [-0.2, -0.15) is 0 Å². The lowest BCUT2D eigenvalue weighted by Crippen LogP contribution is -2.35. The summed E-state index contributed by atoms with van der Waals surface area (Å²) in [5, 5.41) is 2.94. The Kier molecular flexibility index (Phi) is 5.59. The second-order valence-electron chi connectivity index (χ2n) is 7.51. The second-order valence-corrected chi connectivity index (χ2v) is 9.37. The second kappa shape index (κ2) is 8.32. The fraction of sp³-hybridized carbons (Fsp3) is 0.208. The van der Waals surface area contributed by atoms with Gasteiger partial charge in [0.05, 0.1) is 10.6 Å². The average Bonchev–Trinajstić information content (AvgIpc) is 2.78. The molecule has 154 valence electrons. The molecule has 0 saturated carbocycles.